The Balaban J connectivity index is 0.000000138. The molecule has 0 spiro atoms. The Labute approximate surface area is 560 Å². The Bertz CT molecular complexity index is 4420. The number of fused-ring (bicyclic) bond motifs is 3. The van der Waals surface area contributed by atoms with Gasteiger partial charge in [-0.1, -0.05) is 38.3 Å². The first kappa shape index (κ1) is 67.3. The molecule has 2 saturated heterocycles. The van der Waals surface area contributed by atoms with E-state index in [0.717, 1.165) is 76.9 Å². The van der Waals surface area contributed by atoms with Crippen LogP contribution in [0.5, 0.6) is 0 Å². The Kier molecular flexibility index (Phi) is 22.6. The molecule has 29 heteroatoms. The number of halogens is 9. The quantitative estimate of drug-likeness (QED) is 0.117. The van der Waals surface area contributed by atoms with Gasteiger partial charge in [0.25, 0.3) is 0 Å². The number of nitrogens with one attached hydrogen (secondary N) is 1. The Morgan fingerprint density at radius 1 is 0.500 bits per heavy atom. The lowest BCUT2D eigenvalue weighted by atomic mass is 10.1. The van der Waals surface area contributed by atoms with Gasteiger partial charge in [0.15, 0.2) is 34.9 Å². The third-order valence-corrected chi connectivity index (χ3v) is 18.2. The van der Waals surface area contributed by atoms with Crippen molar-refractivity contribution in [1.82, 2.24) is 62.7 Å². The number of piperidine rings is 2. The maximum Gasteiger partial charge on any atom is 0.210 e. The highest BCUT2D eigenvalue weighted by Crippen LogP contribution is 2.39. The lowest BCUT2D eigenvalue weighted by Gasteiger charge is -2.29. The van der Waals surface area contributed by atoms with Crippen LogP contribution in [0.25, 0.3) is 66.9 Å². The lowest BCUT2D eigenvalue weighted by molar-refractivity contribution is 0.520. The molecule has 2 aliphatic heterocycles. The second-order valence-corrected chi connectivity index (χ2v) is 25.7. The molecule has 8 heterocycles. The van der Waals surface area contributed by atoms with E-state index in [-0.39, 0.29) is 34.9 Å². The Morgan fingerprint density at radius 2 is 0.891 bits per heavy atom. The number of rotatable bonds is 11. The highest BCUT2D eigenvalue weighted by Gasteiger charge is 2.25. The SMILES string of the molecule is C1CCNCC1.CCn1nc2c(F)cc(Br)cc2c1N.CCn1nc2c(F)cc(Br)cc2c1N(C)c1nc(-c2ccc(F)cc2)ns1.CCn1nc2c(F)cc(N3CCCCC3)cc2c1N(C)c1nc(-c2ccc(F)cc2)ns1.Fc1ccc(-c2nsc(Cl)n2)cc1. The van der Waals surface area contributed by atoms with Crippen LogP contribution in [0.2, 0.25) is 4.47 Å². The minimum Gasteiger partial charge on any atom is -0.383 e. The van der Waals surface area contributed by atoms with Gasteiger partial charge in [0.05, 0.1) is 0 Å². The predicted octanol–water partition coefficient (Wildman–Crippen LogP) is 17.3. The number of aromatic nitrogens is 12. The minimum absolute atomic E-state index is 0.273. The third-order valence-electron chi connectivity index (χ3n) is 14.9. The van der Waals surface area contributed by atoms with Gasteiger partial charge in [0, 0.05) is 117 Å². The normalized spacial score (nSPS) is 13.0. The molecule has 0 aliphatic carbocycles. The summed E-state index contributed by atoms with van der Waals surface area (Å²) in [7, 11) is 3.74. The van der Waals surface area contributed by atoms with E-state index < -0.39 is 0 Å². The maximum atomic E-state index is 15.1. The number of benzene rings is 6. The average Bonchev–Trinajstić information content (AvgIpc) is 1.64. The molecule has 0 radical (unpaired) electrons. The highest BCUT2D eigenvalue weighted by atomic mass is 79.9. The molecular formula is C63H62Br2ClF6N17S3. The van der Waals surface area contributed by atoms with Gasteiger partial charge in [-0.2, -0.15) is 38.4 Å². The molecule has 480 valence electrons. The standard InChI is InChI=1S/C23H24F2N6S.C18H14BrF2N5S.C9H9BrFN3.C8H4ClFN2S.C5H11N/c1-3-31-22(29(2)23-26-21(28-32-23)15-7-9-16(24)10-8-15)18-13-17(14-19(25)20(18)27-31)30-11-5-4-6-12-30;1-3-26-17(13-8-11(19)9-14(21)15(13)23-26)25(2)18-22-16(24-27-18)10-4-6-12(20)7-5-10;1-2-14-9(12)6-3-5(10)4-7(11)8(6)13-14;9-8-11-7(12-13-8)5-1-3-6(10)4-2-5;1-2-4-6-5-3-1/h7-10,13-14H,3-6,11-12H2,1-2H3;4-9H,3H2,1-2H3;3-4H,2,12H2,1H3;1-4H;6H,1-5H2. The van der Waals surface area contributed by atoms with Gasteiger partial charge in [0.1, 0.15) is 51.5 Å². The van der Waals surface area contributed by atoms with Gasteiger partial charge in [-0.05, 0) is 198 Å². The molecule has 2 fully saturated rings. The second-order valence-electron chi connectivity index (χ2n) is 21.0. The molecule has 0 amide bonds. The smallest absolute Gasteiger partial charge is 0.210 e. The Hall–Kier alpha value is -7.60. The van der Waals surface area contributed by atoms with E-state index in [1.54, 1.807) is 62.6 Å². The van der Waals surface area contributed by atoms with E-state index in [1.807, 2.05) is 56.8 Å². The highest BCUT2D eigenvalue weighted by molar-refractivity contribution is 9.10. The molecule has 12 aromatic rings. The molecule has 0 unspecified atom stereocenters. The van der Waals surface area contributed by atoms with Gasteiger partial charge in [-0.15, -0.1) is 0 Å². The van der Waals surface area contributed by atoms with E-state index in [0.29, 0.717) is 93.9 Å². The number of aryl methyl sites for hydroxylation is 3. The van der Waals surface area contributed by atoms with E-state index in [9.17, 15) is 22.0 Å². The van der Waals surface area contributed by atoms with Crippen molar-refractivity contribution >= 4 is 144 Å². The first-order chi connectivity index (χ1) is 44.4. The van der Waals surface area contributed by atoms with Gasteiger partial charge < -0.3 is 25.8 Å². The number of hydrogen-bond acceptors (Lipinski definition) is 17. The van der Waals surface area contributed by atoms with Crippen molar-refractivity contribution in [2.75, 3.05) is 60.7 Å². The van der Waals surface area contributed by atoms with Crippen molar-refractivity contribution in [3.8, 4) is 34.2 Å². The van der Waals surface area contributed by atoms with Crippen molar-refractivity contribution in [3.05, 3.63) is 158 Å². The summed E-state index contributed by atoms with van der Waals surface area (Å²) in [4.78, 5) is 19.2. The molecule has 92 heavy (non-hydrogen) atoms. The summed E-state index contributed by atoms with van der Waals surface area (Å²) in [6, 6.07) is 28.1. The molecule has 14 rings (SSSR count). The van der Waals surface area contributed by atoms with Crippen molar-refractivity contribution in [2.24, 2.45) is 0 Å². The average molecular weight is 1460 g/mol. The summed E-state index contributed by atoms with van der Waals surface area (Å²) in [5, 5.41) is 19.7. The summed E-state index contributed by atoms with van der Waals surface area (Å²) in [6.45, 7) is 12.0. The second kappa shape index (κ2) is 30.9. The minimum atomic E-state index is -0.384. The van der Waals surface area contributed by atoms with Crippen LogP contribution >= 0.6 is 78.1 Å². The fourth-order valence-electron chi connectivity index (χ4n) is 10.2. The van der Waals surface area contributed by atoms with Crippen molar-refractivity contribution in [3.63, 3.8) is 0 Å². The molecule has 6 aromatic carbocycles. The summed E-state index contributed by atoms with van der Waals surface area (Å²) >= 11 is 15.7. The van der Waals surface area contributed by atoms with E-state index in [1.165, 1.54) is 110 Å². The van der Waals surface area contributed by atoms with Gasteiger partial charge in [0.2, 0.25) is 14.7 Å². The van der Waals surface area contributed by atoms with Crippen LogP contribution in [0.3, 0.4) is 0 Å². The van der Waals surface area contributed by atoms with Gasteiger partial charge in [-0.3, -0.25) is 0 Å². The fraction of sp³-hybridized carbons (Fsp3) is 0.286. The zero-order valence-electron chi connectivity index (χ0n) is 50.5. The van der Waals surface area contributed by atoms with Crippen LogP contribution in [0.15, 0.2) is 118 Å². The van der Waals surface area contributed by atoms with Crippen LogP contribution in [-0.4, -0.2) is 97.7 Å². The van der Waals surface area contributed by atoms with E-state index in [4.69, 9.17) is 17.3 Å². The molecule has 0 bridgehead atoms. The lowest BCUT2D eigenvalue weighted by Crippen LogP contribution is -2.29. The molecule has 0 saturated carbocycles. The summed E-state index contributed by atoms with van der Waals surface area (Å²) in [6.07, 6.45) is 7.68. The van der Waals surface area contributed by atoms with Crippen LogP contribution in [0, 0.1) is 34.9 Å². The zero-order chi connectivity index (χ0) is 65.2. The Morgan fingerprint density at radius 3 is 1.30 bits per heavy atom. The number of nitrogens with two attached hydrogens (primary N) is 1. The van der Waals surface area contributed by atoms with Crippen LogP contribution in [-0.2, 0) is 19.6 Å². The van der Waals surface area contributed by atoms with Gasteiger partial charge >= 0.3 is 0 Å². The maximum absolute atomic E-state index is 15.1. The molecule has 3 N–H and O–H groups in total. The van der Waals surface area contributed by atoms with Gasteiger partial charge in [-0.25, -0.2) is 45.4 Å². The number of nitrogens with zero attached hydrogens (tertiary/aromatic N) is 15. The van der Waals surface area contributed by atoms with Crippen molar-refractivity contribution < 1.29 is 26.3 Å². The molecule has 6 aromatic heterocycles. The summed E-state index contributed by atoms with van der Waals surface area (Å²) < 4.78 is 101. The zero-order valence-corrected chi connectivity index (χ0v) is 56.9. The number of anilines is 6. The van der Waals surface area contributed by atoms with Crippen molar-refractivity contribution in [1.29, 1.82) is 0 Å². The molecular weight excluding hydrogens is 1400 g/mol. The third kappa shape index (κ3) is 15.9. The van der Waals surface area contributed by atoms with E-state index in [2.05, 4.69) is 85.4 Å². The number of nitrogen functional groups attached to an aromatic ring is 1. The molecule has 2 aliphatic rings. The van der Waals surface area contributed by atoms with Crippen LogP contribution < -0.4 is 25.8 Å². The predicted molar refractivity (Wildman–Crippen MR) is 366 cm³/mol. The topological polar surface area (TPSA) is 179 Å². The fourth-order valence-corrected chi connectivity index (χ4v) is 13.0. The van der Waals surface area contributed by atoms with Crippen LogP contribution in [0.1, 0.15) is 59.3 Å². The van der Waals surface area contributed by atoms with E-state index >= 15 is 4.39 Å². The summed E-state index contributed by atoms with van der Waals surface area (Å²) in [5.74, 6) is 1.67. The number of hydrogen-bond donors (Lipinski definition) is 2. The first-order valence-electron chi connectivity index (χ1n) is 29.5. The summed E-state index contributed by atoms with van der Waals surface area (Å²) in [5.41, 5.74) is 9.93. The van der Waals surface area contributed by atoms with Crippen molar-refractivity contribution in [2.45, 2.75) is 78.9 Å². The molecule has 0 atom stereocenters. The monoisotopic (exact) mass is 1460 g/mol. The molecule has 17 nitrogen and oxygen atoms in total. The first-order valence-corrected chi connectivity index (χ1v) is 33.7. The van der Waals surface area contributed by atoms with Crippen LogP contribution in [0.4, 0.5) is 59.7 Å². The largest absolute Gasteiger partial charge is 0.383 e.